The highest BCUT2D eigenvalue weighted by atomic mass is 16.4. The van der Waals surface area contributed by atoms with Crippen molar-refractivity contribution in [3.8, 4) is 0 Å². The van der Waals surface area contributed by atoms with Crippen molar-refractivity contribution in [3.63, 3.8) is 0 Å². The molecule has 5 atom stereocenters. The van der Waals surface area contributed by atoms with Crippen LogP contribution in [0.4, 0.5) is 0 Å². The molecule has 122 valence electrons. The van der Waals surface area contributed by atoms with E-state index in [1.807, 2.05) is 18.2 Å². The highest BCUT2D eigenvalue weighted by molar-refractivity contribution is 5.88. The number of fused-ring (bicyclic) bond motifs is 1. The van der Waals surface area contributed by atoms with Crippen LogP contribution >= 0.6 is 0 Å². The second-order valence-electron chi connectivity index (χ2n) is 7.31. The van der Waals surface area contributed by atoms with Gasteiger partial charge in [0.15, 0.2) is 0 Å². The number of amides is 1. The first-order chi connectivity index (χ1) is 11.2. The third-order valence-electron chi connectivity index (χ3n) is 5.96. The highest BCUT2D eigenvalue weighted by Crippen LogP contribution is 2.51. The van der Waals surface area contributed by atoms with Crippen LogP contribution < -0.4 is 0 Å². The topological polar surface area (TPSA) is 57.6 Å². The fraction of sp³-hybridized carbons (Fsp3) is 0.579. The van der Waals surface area contributed by atoms with Crippen molar-refractivity contribution in [1.82, 2.24) is 4.90 Å². The minimum absolute atomic E-state index is 0.0140. The van der Waals surface area contributed by atoms with Gasteiger partial charge in [-0.15, -0.1) is 0 Å². The first-order valence-electron chi connectivity index (χ1n) is 8.76. The molecule has 5 unspecified atom stereocenters. The van der Waals surface area contributed by atoms with Gasteiger partial charge in [0, 0.05) is 12.0 Å². The molecular weight excluding hydrogens is 290 g/mol. The molecule has 23 heavy (non-hydrogen) atoms. The van der Waals surface area contributed by atoms with Crippen molar-refractivity contribution in [2.45, 2.75) is 56.5 Å². The van der Waals surface area contributed by atoms with Gasteiger partial charge in [-0.05, 0) is 43.1 Å². The van der Waals surface area contributed by atoms with Gasteiger partial charge < -0.3 is 10.0 Å². The largest absolute Gasteiger partial charge is 0.480 e. The maximum atomic E-state index is 13.0. The van der Waals surface area contributed by atoms with E-state index in [4.69, 9.17) is 0 Å². The molecule has 1 heterocycles. The Kier molecular flexibility index (Phi) is 3.63. The lowest BCUT2D eigenvalue weighted by molar-refractivity contribution is -0.150. The SMILES string of the molecule is O=C(O)C1CC2CCCCC2N1C(=O)C1CC1c1ccccc1. The molecule has 1 aromatic carbocycles. The summed E-state index contributed by atoms with van der Waals surface area (Å²) in [6.07, 6.45) is 5.85. The zero-order valence-electron chi connectivity index (χ0n) is 13.2. The summed E-state index contributed by atoms with van der Waals surface area (Å²) in [4.78, 5) is 26.4. The third-order valence-corrected chi connectivity index (χ3v) is 5.96. The standard InChI is InChI=1S/C19H23NO3/c21-18(15-11-14(15)12-6-2-1-3-7-12)20-16-9-5-4-8-13(16)10-17(20)19(22)23/h1-3,6-7,13-17H,4-5,8-11H2,(H,22,23). The first-order valence-corrected chi connectivity index (χ1v) is 8.76. The molecular formula is C19H23NO3. The number of carboxylic acids is 1. The summed E-state index contributed by atoms with van der Waals surface area (Å²) in [6, 6.07) is 9.68. The van der Waals surface area contributed by atoms with Crippen LogP contribution in [0.1, 0.15) is 50.0 Å². The van der Waals surface area contributed by atoms with Gasteiger partial charge in [0.05, 0.1) is 0 Å². The van der Waals surface area contributed by atoms with Crippen LogP contribution in [-0.2, 0) is 9.59 Å². The average Bonchev–Trinajstić information content (AvgIpc) is 3.28. The van der Waals surface area contributed by atoms with Crippen LogP contribution in [-0.4, -0.2) is 34.0 Å². The minimum Gasteiger partial charge on any atom is -0.480 e. The van der Waals surface area contributed by atoms with Crippen molar-refractivity contribution in [2.24, 2.45) is 11.8 Å². The van der Waals surface area contributed by atoms with E-state index in [0.29, 0.717) is 12.3 Å². The molecule has 1 aliphatic heterocycles. The second-order valence-corrected chi connectivity index (χ2v) is 7.31. The zero-order valence-corrected chi connectivity index (χ0v) is 13.2. The summed E-state index contributed by atoms with van der Waals surface area (Å²) in [5.74, 6) is -0.0891. The zero-order chi connectivity index (χ0) is 16.0. The molecule has 2 saturated carbocycles. The van der Waals surface area contributed by atoms with Gasteiger partial charge >= 0.3 is 5.97 Å². The molecule has 1 aromatic rings. The predicted octanol–water partition coefficient (Wildman–Crippen LogP) is 3.03. The predicted molar refractivity (Wildman–Crippen MR) is 85.9 cm³/mol. The highest BCUT2D eigenvalue weighted by Gasteiger charge is 2.53. The summed E-state index contributed by atoms with van der Waals surface area (Å²) in [6.45, 7) is 0. The fourth-order valence-electron chi connectivity index (χ4n) is 4.73. The number of hydrogen-bond donors (Lipinski definition) is 1. The first kappa shape index (κ1) is 14.7. The molecule has 4 nitrogen and oxygen atoms in total. The number of carbonyl (C=O) groups excluding carboxylic acids is 1. The summed E-state index contributed by atoms with van der Waals surface area (Å²) in [7, 11) is 0. The van der Waals surface area contributed by atoms with Crippen LogP contribution in [0, 0.1) is 11.8 Å². The maximum absolute atomic E-state index is 13.0. The van der Waals surface area contributed by atoms with E-state index in [-0.39, 0.29) is 23.8 Å². The van der Waals surface area contributed by atoms with E-state index < -0.39 is 12.0 Å². The van der Waals surface area contributed by atoms with Crippen molar-refractivity contribution < 1.29 is 14.7 Å². The van der Waals surface area contributed by atoms with Crippen molar-refractivity contribution in [2.75, 3.05) is 0 Å². The number of benzene rings is 1. The van der Waals surface area contributed by atoms with Gasteiger partial charge in [-0.1, -0.05) is 43.2 Å². The van der Waals surface area contributed by atoms with Crippen molar-refractivity contribution >= 4 is 11.9 Å². The number of carboxylic acid groups (broad SMARTS) is 1. The van der Waals surface area contributed by atoms with Crippen molar-refractivity contribution in [1.29, 1.82) is 0 Å². The van der Waals surface area contributed by atoms with Crippen LogP contribution in [0.25, 0.3) is 0 Å². The van der Waals surface area contributed by atoms with Gasteiger partial charge in [-0.2, -0.15) is 0 Å². The van der Waals surface area contributed by atoms with E-state index in [9.17, 15) is 14.7 Å². The maximum Gasteiger partial charge on any atom is 0.326 e. The molecule has 1 saturated heterocycles. The Hall–Kier alpha value is -1.84. The summed E-state index contributed by atoms with van der Waals surface area (Å²) in [5.41, 5.74) is 1.21. The molecule has 4 heteroatoms. The van der Waals surface area contributed by atoms with Gasteiger partial charge in [0.2, 0.25) is 5.91 Å². The van der Waals surface area contributed by atoms with Gasteiger partial charge in [0.1, 0.15) is 6.04 Å². The Morgan fingerprint density at radius 2 is 1.78 bits per heavy atom. The van der Waals surface area contributed by atoms with E-state index >= 15 is 0 Å². The molecule has 3 aliphatic rings. The monoisotopic (exact) mass is 313 g/mol. The van der Waals surface area contributed by atoms with E-state index in [2.05, 4.69) is 12.1 Å². The molecule has 2 aliphatic carbocycles. The van der Waals surface area contributed by atoms with Crippen LogP contribution in [0.3, 0.4) is 0 Å². The Labute approximate surface area is 136 Å². The minimum atomic E-state index is -0.829. The molecule has 0 spiro atoms. The third kappa shape index (κ3) is 2.54. The Balaban J connectivity index is 1.53. The molecule has 0 bridgehead atoms. The number of rotatable bonds is 3. The average molecular weight is 313 g/mol. The van der Waals surface area contributed by atoms with Crippen LogP contribution in [0.15, 0.2) is 30.3 Å². The smallest absolute Gasteiger partial charge is 0.326 e. The number of hydrogen-bond acceptors (Lipinski definition) is 2. The Morgan fingerprint density at radius 1 is 1.04 bits per heavy atom. The normalized spacial score (nSPS) is 35.7. The molecule has 0 radical (unpaired) electrons. The molecule has 1 N–H and O–H groups in total. The quantitative estimate of drug-likeness (QED) is 0.933. The van der Waals surface area contributed by atoms with Gasteiger partial charge in [0.25, 0.3) is 0 Å². The molecule has 3 fully saturated rings. The fourth-order valence-corrected chi connectivity index (χ4v) is 4.73. The summed E-state index contributed by atoms with van der Waals surface area (Å²) >= 11 is 0. The second kappa shape index (κ2) is 5.66. The van der Waals surface area contributed by atoms with E-state index in [0.717, 1.165) is 25.7 Å². The van der Waals surface area contributed by atoms with Crippen LogP contribution in [0.5, 0.6) is 0 Å². The Morgan fingerprint density at radius 3 is 2.52 bits per heavy atom. The number of aliphatic carboxylic acids is 1. The molecule has 0 aromatic heterocycles. The lowest BCUT2D eigenvalue weighted by atomic mass is 9.84. The summed E-state index contributed by atoms with van der Waals surface area (Å²) < 4.78 is 0. The number of carbonyl (C=O) groups is 2. The number of likely N-dealkylation sites (tertiary alicyclic amines) is 1. The van der Waals surface area contributed by atoms with Crippen LogP contribution in [0.2, 0.25) is 0 Å². The Bertz CT molecular complexity index is 614. The molecule has 4 rings (SSSR count). The van der Waals surface area contributed by atoms with Gasteiger partial charge in [-0.25, -0.2) is 4.79 Å². The van der Waals surface area contributed by atoms with E-state index in [1.165, 1.54) is 12.0 Å². The summed E-state index contributed by atoms with van der Waals surface area (Å²) in [5, 5.41) is 9.57. The van der Waals surface area contributed by atoms with E-state index in [1.54, 1.807) is 4.90 Å². The van der Waals surface area contributed by atoms with Crippen molar-refractivity contribution in [3.05, 3.63) is 35.9 Å². The molecule has 1 amide bonds. The number of nitrogens with zero attached hydrogens (tertiary/aromatic N) is 1. The lowest BCUT2D eigenvalue weighted by Gasteiger charge is -2.33. The lowest BCUT2D eigenvalue weighted by Crippen LogP contribution is -2.47. The van der Waals surface area contributed by atoms with Gasteiger partial charge in [-0.3, -0.25) is 4.79 Å².